The Bertz CT molecular complexity index is 793. The largest absolute Gasteiger partial charge is 0.348 e. The lowest BCUT2D eigenvalue weighted by Crippen LogP contribution is -2.37. The Morgan fingerprint density at radius 2 is 2.15 bits per heavy atom. The minimum atomic E-state index is -0.0888. The van der Waals surface area contributed by atoms with Crippen molar-refractivity contribution >= 4 is 17.2 Å². The zero-order valence-corrected chi connectivity index (χ0v) is 15.5. The maximum Gasteiger partial charge on any atom is 0.234 e. The van der Waals surface area contributed by atoms with Crippen LogP contribution in [0.4, 0.5) is 0 Å². The summed E-state index contributed by atoms with van der Waals surface area (Å²) in [7, 11) is 1.92. The maximum atomic E-state index is 12.6. The van der Waals surface area contributed by atoms with Crippen molar-refractivity contribution in [3.8, 4) is 0 Å². The summed E-state index contributed by atoms with van der Waals surface area (Å²) in [5.41, 5.74) is 3.18. The van der Waals surface area contributed by atoms with E-state index in [0.717, 1.165) is 17.7 Å². The molecule has 5 nitrogen and oxygen atoms in total. The molecule has 26 heavy (non-hydrogen) atoms. The molecule has 3 aromatic rings. The fourth-order valence-electron chi connectivity index (χ4n) is 2.79. The van der Waals surface area contributed by atoms with Crippen LogP contribution in [0.2, 0.25) is 0 Å². The molecule has 134 valence electrons. The second kappa shape index (κ2) is 9.22. The minimum absolute atomic E-state index is 0.00693. The van der Waals surface area contributed by atoms with Crippen LogP contribution in [-0.2, 0) is 17.8 Å². The molecule has 3 aromatic heterocycles. The van der Waals surface area contributed by atoms with E-state index in [9.17, 15) is 4.79 Å². The van der Waals surface area contributed by atoms with Crippen LogP contribution in [0.5, 0.6) is 0 Å². The molecule has 3 heterocycles. The first-order chi connectivity index (χ1) is 12.7. The average Bonchev–Trinajstić information content (AvgIpc) is 3.16. The van der Waals surface area contributed by atoms with Gasteiger partial charge in [0.15, 0.2) is 0 Å². The zero-order valence-electron chi connectivity index (χ0n) is 14.7. The van der Waals surface area contributed by atoms with E-state index in [1.54, 1.807) is 23.7 Å². The molecule has 0 aliphatic carbocycles. The normalized spacial score (nSPS) is 12.1. The summed E-state index contributed by atoms with van der Waals surface area (Å²) in [6.07, 6.45) is 6.08. The average molecular weight is 366 g/mol. The molecule has 0 bridgehead atoms. The quantitative estimate of drug-likeness (QED) is 0.666. The molecule has 0 saturated heterocycles. The first kappa shape index (κ1) is 18.2. The first-order valence-corrected chi connectivity index (χ1v) is 9.44. The van der Waals surface area contributed by atoms with Gasteiger partial charge in [0.1, 0.15) is 0 Å². The van der Waals surface area contributed by atoms with Crippen molar-refractivity contribution in [2.75, 3.05) is 13.6 Å². The highest BCUT2D eigenvalue weighted by Gasteiger charge is 2.17. The van der Waals surface area contributed by atoms with E-state index in [2.05, 4.69) is 32.1 Å². The number of amides is 1. The highest BCUT2D eigenvalue weighted by molar-refractivity contribution is 7.07. The summed E-state index contributed by atoms with van der Waals surface area (Å²) in [6, 6.07) is 11.7. The molecular weight excluding hydrogens is 344 g/mol. The maximum absolute atomic E-state index is 12.6. The minimum Gasteiger partial charge on any atom is -0.348 e. The van der Waals surface area contributed by atoms with Crippen LogP contribution in [0.1, 0.15) is 22.9 Å². The second-order valence-electron chi connectivity index (χ2n) is 6.24. The van der Waals surface area contributed by atoms with Crippen molar-refractivity contribution in [3.63, 3.8) is 0 Å². The van der Waals surface area contributed by atoms with Gasteiger partial charge in [-0.2, -0.15) is 11.3 Å². The number of hydrogen-bond acceptors (Lipinski definition) is 5. The predicted molar refractivity (Wildman–Crippen MR) is 104 cm³/mol. The lowest BCUT2D eigenvalue weighted by molar-refractivity contribution is -0.122. The molecule has 0 radical (unpaired) electrons. The van der Waals surface area contributed by atoms with E-state index < -0.39 is 0 Å². The van der Waals surface area contributed by atoms with Crippen LogP contribution in [-0.4, -0.2) is 34.4 Å². The van der Waals surface area contributed by atoms with Crippen molar-refractivity contribution in [2.45, 2.75) is 19.0 Å². The lowest BCUT2D eigenvalue weighted by Gasteiger charge is -2.21. The lowest BCUT2D eigenvalue weighted by atomic mass is 10.0. The standard InChI is InChI=1S/C20H22N4OS/c1-24(13-18-6-2-3-9-22-18)14-20(25)23-19(11-16-7-10-26-15-16)17-5-4-8-21-12-17/h2-10,12,15,19H,11,13-14H2,1H3,(H,23,25)/t19-/m0/s1. The fraction of sp³-hybridized carbons (Fsp3) is 0.250. The molecule has 0 aromatic carbocycles. The van der Waals surface area contributed by atoms with Crippen LogP contribution in [0.25, 0.3) is 0 Å². The van der Waals surface area contributed by atoms with Crippen molar-refractivity contribution in [2.24, 2.45) is 0 Å². The molecule has 0 aliphatic rings. The SMILES string of the molecule is CN(CC(=O)N[C@@H](Cc1ccsc1)c1cccnc1)Cc1ccccn1. The summed E-state index contributed by atoms with van der Waals surface area (Å²) >= 11 is 1.66. The van der Waals surface area contributed by atoms with Crippen LogP contribution >= 0.6 is 11.3 Å². The van der Waals surface area contributed by atoms with Crippen molar-refractivity contribution in [3.05, 3.63) is 82.6 Å². The summed E-state index contributed by atoms with van der Waals surface area (Å²) in [5, 5.41) is 7.32. The highest BCUT2D eigenvalue weighted by atomic mass is 32.1. The van der Waals surface area contributed by atoms with Crippen molar-refractivity contribution in [1.82, 2.24) is 20.2 Å². The number of likely N-dealkylation sites (N-methyl/N-ethyl adjacent to an activating group) is 1. The van der Waals surface area contributed by atoms with Gasteiger partial charge in [0.2, 0.25) is 5.91 Å². The second-order valence-corrected chi connectivity index (χ2v) is 7.02. The Labute approximate surface area is 157 Å². The van der Waals surface area contributed by atoms with Crippen LogP contribution < -0.4 is 5.32 Å². The Hall–Kier alpha value is -2.57. The van der Waals surface area contributed by atoms with Gasteiger partial charge < -0.3 is 5.32 Å². The summed E-state index contributed by atoms with van der Waals surface area (Å²) in [5.74, 6) is -0.00693. The molecule has 6 heteroatoms. The number of nitrogens with zero attached hydrogens (tertiary/aromatic N) is 3. The summed E-state index contributed by atoms with van der Waals surface area (Å²) < 4.78 is 0. The Kier molecular flexibility index (Phi) is 6.46. The van der Waals surface area contributed by atoms with Crippen molar-refractivity contribution in [1.29, 1.82) is 0 Å². The third kappa shape index (κ3) is 5.47. The number of hydrogen-bond donors (Lipinski definition) is 1. The van der Waals surface area contributed by atoms with Gasteiger partial charge in [0.05, 0.1) is 18.3 Å². The zero-order chi connectivity index (χ0) is 18.2. The Morgan fingerprint density at radius 1 is 1.23 bits per heavy atom. The molecule has 3 rings (SSSR count). The first-order valence-electron chi connectivity index (χ1n) is 8.49. The number of carbonyl (C=O) groups excluding carboxylic acids is 1. The van der Waals surface area contributed by atoms with Crippen molar-refractivity contribution < 1.29 is 4.79 Å². The van der Waals surface area contributed by atoms with Gasteiger partial charge >= 0.3 is 0 Å². The van der Waals surface area contributed by atoms with Gasteiger partial charge in [0.25, 0.3) is 0 Å². The molecule has 1 amide bonds. The molecular formula is C20H22N4OS. The molecule has 0 fully saturated rings. The van der Waals surface area contributed by atoms with Gasteiger partial charge in [-0.3, -0.25) is 19.7 Å². The number of aromatic nitrogens is 2. The summed E-state index contributed by atoms with van der Waals surface area (Å²) in [6.45, 7) is 0.952. The number of pyridine rings is 2. The Balaban J connectivity index is 1.61. The van der Waals surface area contributed by atoms with Crippen LogP contribution in [0.3, 0.4) is 0 Å². The molecule has 1 N–H and O–H groups in total. The van der Waals surface area contributed by atoms with Gasteiger partial charge in [0, 0.05) is 25.1 Å². The fourth-order valence-corrected chi connectivity index (χ4v) is 3.47. The summed E-state index contributed by atoms with van der Waals surface area (Å²) in [4.78, 5) is 23.0. The van der Waals surface area contributed by atoms with Crippen LogP contribution in [0, 0.1) is 0 Å². The Morgan fingerprint density at radius 3 is 2.85 bits per heavy atom. The topological polar surface area (TPSA) is 58.1 Å². The van der Waals surface area contributed by atoms with Gasteiger partial charge in [-0.25, -0.2) is 0 Å². The number of carbonyl (C=O) groups is 1. The highest BCUT2D eigenvalue weighted by Crippen LogP contribution is 2.19. The molecule has 1 atom stereocenters. The third-order valence-electron chi connectivity index (χ3n) is 4.01. The number of thiophene rings is 1. The molecule has 0 spiro atoms. The molecule has 0 aliphatic heterocycles. The van der Waals surface area contributed by atoms with E-state index in [1.807, 2.05) is 48.5 Å². The third-order valence-corrected chi connectivity index (χ3v) is 4.75. The molecule has 0 unspecified atom stereocenters. The van der Waals surface area contributed by atoms with E-state index in [-0.39, 0.29) is 11.9 Å². The van der Waals surface area contributed by atoms with E-state index in [4.69, 9.17) is 0 Å². The van der Waals surface area contributed by atoms with Gasteiger partial charge in [-0.05, 0) is 59.6 Å². The molecule has 0 saturated carbocycles. The van der Waals surface area contributed by atoms with E-state index >= 15 is 0 Å². The van der Waals surface area contributed by atoms with E-state index in [1.165, 1.54) is 5.56 Å². The number of nitrogens with one attached hydrogen (secondary N) is 1. The predicted octanol–water partition coefficient (Wildman–Crippen LogP) is 3.07. The monoisotopic (exact) mass is 366 g/mol. The smallest absolute Gasteiger partial charge is 0.234 e. The van der Waals surface area contributed by atoms with Gasteiger partial charge in [-0.15, -0.1) is 0 Å². The van der Waals surface area contributed by atoms with Gasteiger partial charge in [-0.1, -0.05) is 12.1 Å². The van der Waals surface area contributed by atoms with E-state index in [0.29, 0.717) is 13.1 Å². The van der Waals surface area contributed by atoms with Crippen LogP contribution in [0.15, 0.2) is 65.7 Å². The number of rotatable bonds is 8.